The number of aromatic amines is 1. The van der Waals surface area contributed by atoms with Crippen LogP contribution in [0.4, 0.5) is 5.95 Å². The van der Waals surface area contributed by atoms with E-state index in [4.69, 9.17) is 11.6 Å². The van der Waals surface area contributed by atoms with Crippen molar-refractivity contribution in [2.75, 3.05) is 5.32 Å². The second kappa shape index (κ2) is 5.70. The molecule has 0 aliphatic heterocycles. The number of hydrogen-bond acceptors (Lipinski definition) is 4. The third kappa shape index (κ3) is 2.59. The highest BCUT2D eigenvalue weighted by Crippen LogP contribution is 2.18. The third-order valence-electron chi connectivity index (χ3n) is 4.17. The number of rotatable bonds is 3. The van der Waals surface area contributed by atoms with E-state index in [-0.39, 0.29) is 5.56 Å². The van der Waals surface area contributed by atoms with E-state index < -0.39 is 0 Å². The lowest BCUT2D eigenvalue weighted by Gasteiger charge is -2.12. The molecule has 2 aromatic heterocycles. The van der Waals surface area contributed by atoms with Gasteiger partial charge in [-0.3, -0.25) is 9.89 Å². The quantitative estimate of drug-likeness (QED) is 0.774. The zero-order valence-corrected chi connectivity index (χ0v) is 13.2. The van der Waals surface area contributed by atoms with Crippen LogP contribution in [-0.4, -0.2) is 19.6 Å². The molecule has 7 heteroatoms. The molecule has 118 valence electrons. The maximum absolute atomic E-state index is 12.5. The summed E-state index contributed by atoms with van der Waals surface area (Å²) in [5.74, 6) is 0.925. The summed E-state index contributed by atoms with van der Waals surface area (Å²) in [7, 11) is 0. The van der Waals surface area contributed by atoms with Crippen molar-refractivity contribution in [3.05, 3.63) is 56.5 Å². The number of aromatic nitrogens is 4. The van der Waals surface area contributed by atoms with Crippen molar-refractivity contribution in [1.29, 1.82) is 0 Å². The summed E-state index contributed by atoms with van der Waals surface area (Å²) in [6, 6.07) is 7.61. The van der Waals surface area contributed by atoms with Crippen LogP contribution in [0.25, 0.3) is 5.78 Å². The highest BCUT2D eigenvalue weighted by atomic mass is 35.5. The molecule has 0 saturated heterocycles. The zero-order chi connectivity index (χ0) is 15.8. The van der Waals surface area contributed by atoms with E-state index in [0.717, 1.165) is 42.5 Å². The Hall–Kier alpha value is -2.34. The summed E-state index contributed by atoms with van der Waals surface area (Å²) < 4.78 is 1.42. The summed E-state index contributed by atoms with van der Waals surface area (Å²) in [5.41, 5.74) is 2.64. The molecule has 1 aliphatic rings. The first-order valence-electron chi connectivity index (χ1n) is 7.70. The van der Waals surface area contributed by atoms with Crippen molar-refractivity contribution in [1.82, 2.24) is 19.6 Å². The van der Waals surface area contributed by atoms with Gasteiger partial charge in [-0.25, -0.2) is 4.98 Å². The molecule has 1 aromatic carbocycles. The molecule has 0 saturated carbocycles. The number of halogens is 1. The van der Waals surface area contributed by atoms with Gasteiger partial charge in [0.2, 0.25) is 5.95 Å². The van der Waals surface area contributed by atoms with E-state index >= 15 is 0 Å². The highest BCUT2D eigenvalue weighted by Gasteiger charge is 2.18. The molecule has 0 spiro atoms. The van der Waals surface area contributed by atoms with E-state index in [9.17, 15) is 4.79 Å². The summed E-state index contributed by atoms with van der Waals surface area (Å²) in [6.07, 6.45) is 3.78. The second-order valence-corrected chi connectivity index (χ2v) is 6.11. The molecule has 0 amide bonds. The zero-order valence-electron chi connectivity index (χ0n) is 12.5. The molecule has 4 rings (SSSR count). The predicted molar refractivity (Wildman–Crippen MR) is 89.0 cm³/mol. The Morgan fingerprint density at radius 1 is 1.22 bits per heavy atom. The molecule has 1 aliphatic carbocycles. The second-order valence-electron chi connectivity index (χ2n) is 5.70. The topological polar surface area (TPSA) is 75.1 Å². The van der Waals surface area contributed by atoms with Crippen molar-refractivity contribution >= 4 is 23.3 Å². The van der Waals surface area contributed by atoms with Crippen LogP contribution < -0.4 is 10.9 Å². The predicted octanol–water partition coefficient (Wildman–Crippen LogP) is 2.56. The first-order valence-corrected chi connectivity index (χ1v) is 8.08. The molecule has 6 nitrogen and oxygen atoms in total. The fourth-order valence-corrected chi connectivity index (χ4v) is 3.15. The van der Waals surface area contributed by atoms with E-state index in [1.807, 2.05) is 24.3 Å². The molecule has 0 atom stereocenters. The summed E-state index contributed by atoms with van der Waals surface area (Å²) >= 11 is 6.14. The van der Waals surface area contributed by atoms with Gasteiger partial charge in [0.25, 0.3) is 11.3 Å². The fraction of sp³-hybridized carbons (Fsp3) is 0.312. The minimum Gasteiger partial charge on any atom is -0.350 e. The van der Waals surface area contributed by atoms with Crippen molar-refractivity contribution < 1.29 is 0 Å². The van der Waals surface area contributed by atoms with Gasteiger partial charge in [0, 0.05) is 17.1 Å². The first-order chi connectivity index (χ1) is 11.2. The van der Waals surface area contributed by atoms with E-state index in [0.29, 0.717) is 23.3 Å². The van der Waals surface area contributed by atoms with Gasteiger partial charge in [-0.15, -0.1) is 0 Å². The smallest absolute Gasteiger partial charge is 0.277 e. The molecule has 2 N–H and O–H groups in total. The number of H-pyrrole nitrogens is 1. The van der Waals surface area contributed by atoms with Crippen molar-refractivity contribution in [3.8, 4) is 0 Å². The largest absolute Gasteiger partial charge is 0.350 e. The summed E-state index contributed by atoms with van der Waals surface area (Å²) in [4.78, 5) is 21.4. The Bertz CT molecular complexity index is 930. The van der Waals surface area contributed by atoms with Gasteiger partial charge in [-0.2, -0.15) is 9.50 Å². The molecule has 23 heavy (non-hydrogen) atoms. The number of nitrogens with one attached hydrogen (secondary N) is 2. The lowest BCUT2D eigenvalue weighted by Crippen LogP contribution is -2.25. The van der Waals surface area contributed by atoms with Crippen LogP contribution in [-0.2, 0) is 19.4 Å². The summed E-state index contributed by atoms with van der Waals surface area (Å²) in [6.45, 7) is 0.522. The molecule has 0 radical (unpaired) electrons. The van der Waals surface area contributed by atoms with Crippen LogP contribution in [0.5, 0.6) is 0 Å². The minimum atomic E-state index is -0.0389. The standard InChI is InChI=1S/C16H16ClN5O/c17-12-7-3-1-5-10(12)9-18-15-20-16-19-13-8-4-2-6-11(13)14(23)22(16)21-15/h1,3,5,7H,2,4,6,8-9H2,(H2,18,19,20,21). The maximum Gasteiger partial charge on any atom is 0.277 e. The van der Waals surface area contributed by atoms with Gasteiger partial charge in [0.1, 0.15) is 0 Å². The lowest BCUT2D eigenvalue weighted by atomic mass is 9.97. The Morgan fingerprint density at radius 3 is 2.91 bits per heavy atom. The molecular weight excluding hydrogens is 314 g/mol. The number of benzene rings is 1. The van der Waals surface area contributed by atoms with Crippen molar-refractivity contribution in [2.24, 2.45) is 0 Å². The monoisotopic (exact) mass is 329 g/mol. The highest BCUT2D eigenvalue weighted by molar-refractivity contribution is 6.31. The van der Waals surface area contributed by atoms with E-state index in [1.165, 1.54) is 4.52 Å². The lowest BCUT2D eigenvalue weighted by molar-refractivity contribution is 0.650. The van der Waals surface area contributed by atoms with Crippen LogP contribution in [0.2, 0.25) is 5.02 Å². The van der Waals surface area contributed by atoms with E-state index in [1.54, 1.807) is 0 Å². The van der Waals surface area contributed by atoms with Gasteiger partial charge in [0.05, 0.1) is 5.69 Å². The summed E-state index contributed by atoms with van der Waals surface area (Å²) in [5, 5.41) is 6.83. The Morgan fingerprint density at radius 2 is 2.04 bits per heavy atom. The number of fused-ring (bicyclic) bond motifs is 2. The molecule has 2 heterocycles. The minimum absolute atomic E-state index is 0.0389. The first kappa shape index (κ1) is 14.3. The number of anilines is 1. The number of nitrogens with zero attached hydrogens (tertiary/aromatic N) is 3. The average molecular weight is 330 g/mol. The van der Waals surface area contributed by atoms with Gasteiger partial charge < -0.3 is 5.32 Å². The van der Waals surface area contributed by atoms with Gasteiger partial charge in [-0.05, 0) is 37.3 Å². The van der Waals surface area contributed by atoms with Crippen molar-refractivity contribution in [3.63, 3.8) is 0 Å². The average Bonchev–Trinajstić information content (AvgIpc) is 2.98. The number of aryl methyl sites for hydroxylation is 1. The van der Waals surface area contributed by atoms with Crippen LogP contribution in [0.3, 0.4) is 0 Å². The van der Waals surface area contributed by atoms with Gasteiger partial charge >= 0.3 is 0 Å². The molecular formula is C16H16ClN5O. The SMILES string of the molecule is O=c1c2c(nc3nc(NCc4ccccc4Cl)[nH]n13)CCCC2. The molecule has 0 unspecified atom stereocenters. The van der Waals surface area contributed by atoms with Crippen molar-refractivity contribution in [2.45, 2.75) is 32.2 Å². The normalized spacial score (nSPS) is 14.0. The third-order valence-corrected chi connectivity index (χ3v) is 4.54. The van der Waals surface area contributed by atoms with Gasteiger partial charge in [0.15, 0.2) is 0 Å². The van der Waals surface area contributed by atoms with E-state index in [2.05, 4.69) is 20.4 Å². The molecule has 0 bridgehead atoms. The maximum atomic E-state index is 12.5. The Labute approximate surface area is 137 Å². The van der Waals surface area contributed by atoms with Gasteiger partial charge in [-0.1, -0.05) is 29.8 Å². The number of hydrogen-bond donors (Lipinski definition) is 2. The molecule has 3 aromatic rings. The van der Waals surface area contributed by atoms with Crippen LogP contribution in [0.1, 0.15) is 29.7 Å². The Balaban J connectivity index is 1.65. The Kier molecular flexibility index (Phi) is 3.53. The van der Waals surface area contributed by atoms with Crippen LogP contribution >= 0.6 is 11.6 Å². The fourth-order valence-electron chi connectivity index (χ4n) is 2.95. The van der Waals surface area contributed by atoms with Crippen LogP contribution in [0, 0.1) is 0 Å². The van der Waals surface area contributed by atoms with Crippen LogP contribution in [0.15, 0.2) is 29.1 Å². The molecule has 0 fully saturated rings.